The van der Waals surface area contributed by atoms with Gasteiger partial charge in [-0.3, -0.25) is 13.7 Å². The van der Waals surface area contributed by atoms with Gasteiger partial charge in [-0.25, -0.2) is 18.2 Å². The van der Waals surface area contributed by atoms with E-state index >= 15 is 0 Å². The highest BCUT2D eigenvalue weighted by Gasteiger charge is 2.22. The summed E-state index contributed by atoms with van der Waals surface area (Å²) >= 11 is 6.23. The molecule has 0 bridgehead atoms. The zero-order valence-corrected chi connectivity index (χ0v) is 25.8. The van der Waals surface area contributed by atoms with Crippen molar-refractivity contribution in [3.63, 3.8) is 0 Å². The van der Waals surface area contributed by atoms with E-state index in [9.17, 15) is 18.0 Å². The zero-order chi connectivity index (χ0) is 30.4. The van der Waals surface area contributed by atoms with Crippen molar-refractivity contribution in [3.8, 4) is 0 Å². The average molecular weight is 621 g/mol. The largest absolute Gasteiger partial charge is 0.444 e. The van der Waals surface area contributed by atoms with Crippen LogP contribution in [0.3, 0.4) is 0 Å². The first kappa shape index (κ1) is 31.5. The van der Waals surface area contributed by atoms with Crippen molar-refractivity contribution < 1.29 is 22.7 Å². The Bertz CT molecular complexity index is 1560. The number of aromatic nitrogens is 3. The Labute approximate surface area is 251 Å². The number of alkyl carbamates (subject to hydrolysis) is 1. The molecular weight excluding hydrogens is 584 g/mol. The van der Waals surface area contributed by atoms with Gasteiger partial charge in [-0.15, -0.1) is 0 Å². The minimum absolute atomic E-state index is 0.0488. The van der Waals surface area contributed by atoms with Crippen molar-refractivity contribution in [1.82, 2.24) is 19.9 Å². The van der Waals surface area contributed by atoms with Crippen molar-refractivity contribution in [1.29, 1.82) is 0 Å². The van der Waals surface area contributed by atoms with E-state index in [1.54, 1.807) is 55.8 Å². The number of ether oxygens (including phenoxy) is 2. The van der Waals surface area contributed by atoms with Gasteiger partial charge in [0.2, 0.25) is 16.8 Å². The number of rotatable bonds is 11. The van der Waals surface area contributed by atoms with Crippen LogP contribution in [0.2, 0.25) is 5.02 Å². The highest BCUT2D eigenvalue weighted by molar-refractivity contribution is 7.74. The molecule has 2 heterocycles. The van der Waals surface area contributed by atoms with Crippen LogP contribution < -0.4 is 20.5 Å². The number of pyridine rings is 1. The number of hydrogen-bond acceptors (Lipinski definition) is 9. The van der Waals surface area contributed by atoms with Crippen LogP contribution in [0, 0.1) is 6.92 Å². The van der Waals surface area contributed by atoms with Gasteiger partial charge in [-0.05, 0) is 70.4 Å². The van der Waals surface area contributed by atoms with Crippen molar-refractivity contribution in [2.75, 3.05) is 35.9 Å². The molecule has 0 atom stereocenters. The Kier molecular flexibility index (Phi) is 10.3. The molecule has 0 radical (unpaired) electrons. The van der Waals surface area contributed by atoms with Crippen LogP contribution in [0.4, 0.5) is 22.1 Å². The number of carbonyl (C=O) groups is 1. The lowest BCUT2D eigenvalue weighted by Gasteiger charge is -2.20. The number of nitrogens with one attached hydrogen (secondary N) is 2. The molecule has 4 rings (SSSR count). The molecule has 228 valence electrons. The van der Waals surface area contributed by atoms with Gasteiger partial charge in [0.15, 0.2) is 0 Å². The predicted octanol–water partition coefficient (Wildman–Crippen LogP) is 4.49. The van der Waals surface area contributed by atoms with Crippen molar-refractivity contribution in [2.45, 2.75) is 65.0 Å². The molecule has 0 unspecified atom stereocenters. The van der Waals surface area contributed by atoms with Gasteiger partial charge in [0.25, 0.3) is 5.56 Å². The summed E-state index contributed by atoms with van der Waals surface area (Å²) in [6.07, 6.45) is 5.00. The van der Waals surface area contributed by atoms with E-state index in [4.69, 9.17) is 21.1 Å². The lowest BCUT2D eigenvalue weighted by molar-refractivity contribution is 0.0501. The number of fused-ring (bicyclic) bond motifs is 1. The Balaban J connectivity index is 1.41. The molecule has 1 amide bonds. The van der Waals surface area contributed by atoms with E-state index in [0.29, 0.717) is 28.4 Å². The molecule has 1 aliphatic rings. The molecule has 2 aromatic heterocycles. The summed E-state index contributed by atoms with van der Waals surface area (Å²) in [6.45, 7) is 7.84. The number of aryl methyl sites for hydroxylation is 1. The van der Waals surface area contributed by atoms with E-state index in [-0.39, 0.29) is 42.9 Å². The Morgan fingerprint density at radius 3 is 2.60 bits per heavy atom. The fourth-order valence-electron chi connectivity index (χ4n) is 4.81. The highest BCUT2D eigenvalue weighted by Crippen LogP contribution is 2.32. The summed E-state index contributed by atoms with van der Waals surface area (Å²) in [4.78, 5) is 33.7. The molecule has 1 saturated carbocycles. The smallest absolute Gasteiger partial charge is 0.407 e. The van der Waals surface area contributed by atoms with Crippen LogP contribution in [0.15, 0.2) is 35.3 Å². The van der Waals surface area contributed by atoms with Crippen LogP contribution in [-0.2, 0) is 20.4 Å². The van der Waals surface area contributed by atoms with Crippen LogP contribution in [-0.4, -0.2) is 61.0 Å². The normalized spacial score (nSPS) is 14.0. The fraction of sp³-hybridized carbons (Fsp3) is 0.500. The number of carbonyl (C=O) groups excluding carboxylic acids is 1. The molecule has 0 saturated heterocycles. The Morgan fingerprint density at radius 2 is 1.93 bits per heavy atom. The predicted molar refractivity (Wildman–Crippen MR) is 163 cm³/mol. The average Bonchev–Trinajstić information content (AvgIpc) is 3.44. The first-order valence-electron chi connectivity index (χ1n) is 13.8. The molecule has 42 heavy (non-hydrogen) atoms. The van der Waals surface area contributed by atoms with Gasteiger partial charge in [-0.1, -0.05) is 24.4 Å². The Hall–Kier alpha value is -3.42. The van der Waals surface area contributed by atoms with E-state index in [2.05, 4.69) is 20.6 Å². The van der Waals surface area contributed by atoms with E-state index in [1.165, 1.54) is 4.31 Å². The molecule has 1 fully saturated rings. The quantitative estimate of drug-likeness (QED) is 0.209. The fourth-order valence-corrected chi connectivity index (χ4v) is 5.58. The number of halogens is 1. The molecule has 1 aromatic carbocycles. The van der Waals surface area contributed by atoms with E-state index in [0.717, 1.165) is 31.2 Å². The molecule has 12 nitrogen and oxygen atoms in total. The summed E-state index contributed by atoms with van der Waals surface area (Å²) in [5.41, 5.74) is 1.62. The lowest BCUT2D eigenvalue weighted by atomic mass is 10.1. The SMILES string of the molecule is Cc1cc(N(CCOCCNC(=O)OC(C)(C)C)[SH](=O)=O)ccc1Nc1ncc2cc(Cl)c(=O)n(C3CCCC3)c2n1. The lowest BCUT2D eigenvalue weighted by Crippen LogP contribution is -2.34. The first-order valence-corrected chi connectivity index (χ1v) is 15.4. The monoisotopic (exact) mass is 620 g/mol. The number of amides is 1. The van der Waals surface area contributed by atoms with Crippen LogP contribution in [0.25, 0.3) is 11.0 Å². The van der Waals surface area contributed by atoms with Gasteiger partial charge in [-0.2, -0.15) is 4.98 Å². The highest BCUT2D eigenvalue weighted by atomic mass is 35.5. The van der Waals surface area contributed by atoms with Crippen LogP contribution >= 0.6 is 11.6 Å². The molecule has 2 N–H and O–H groups in total. The summed E-state index contributed by atoms with van der Waals surface area (Å²) in [7, 11) is -2.92. The Morgan fingerprint density at radius 1 is 1.19 bits per heavy atom. The maximum Gasteiger partial charge on any atom is 0.407 e. The third-order valence-electron chi connectivity index (χ3n) is 6.73. The zero-order valence-electron chi connectivity index (χ0n) is 24.2. The van der Waals surface area contributed by atoms with E-state index < -0.39 is 22.6 Å². The first-order chi connectivity index (χ1) is 19.9. The maximum absolute atomic E-state index is 12.9. The molecule has 0 aliphatic heterocycles. The maximum atomic E-state index is 12.9. The van der Waals surface area contributed by atoms with Crippen LogP contribution in [0.1, 0.15) is 58.1 Å². The van der Waals surface area contributed by atoms with Crippen molar-refractivity contribution in [3.05, 3.63) is 51.4 Å². The van der Waals surface area contributed by atoms with Crippen molar-refractivity contribution >= 4 is 56.9 Å². The van der Waals surface area contributed by atoms with Crippen LogP contribution in [0.5, 0.6) is 0 Å². The topological polar surface area (TPSA) is 145 Å². The summed E-state index contributed by atoms with van der Waals surface area (Å²) in [5.74, 6) is 0.312. The number of nitrogens with zero attached hydrogens (tertiary/aromatic N) is 4. The van der Waals surface area contributed by atoms with Gasteiger partial charge in [0, 0.05) is 29.9 Å². The van der Waals surface area contributed by atoms with Gasteiger partial charge < -0.3 is 20.1 Å². The molecule has 3 aromatic rings. The van der Waals surface area contributed by atoms with E-state index in [1.807, 2.05) is 6.92 Å². The van der Waals surface area contributed by atoms with Gasteiger partial charge >= 0.3 is 6.09 Å². The number of thiol groups is 1. The standard InChI is InChI=1S/C28H37ClN6O6S/c1-18-15-21(34(42(38)39)12-14-40-13-11-30-27(37)41-28(2,3)4)9-10-23(18)32-26-31-17-19-16-22(29)25(36)35(24(19)33-26)20-7-5-6-8-20/h9-10,15-17,20,42H,5-8,11-14H2,1-4H3,(H,30,37)(H,31,32,33). The minimum Gasteiger partial charge on any atom is -0.444 e. The summed E-state index contributed by atoms with van der Waals surface area (Å²) in [5, 5.41) is 6.61. The summed E-state index contributed by atoms with van der Waals surface area (Å²) in [6, 6.07) is 6.82. The molecule has 14 heteroatoms. The second-order valence-corrected chi connectivity index (χ2v) is 12.5. The number of hydrogen-bond donors (Lipinski definition) is 3. The van der Waals surface area contributed by atoms with Gasteiger partial charge in [0.1, 0.15) is 16.3 Å². The second kappa shape index (κ2) is 13.7. The summed E-state index contributed by atoms with van der Waals surface area (Å²) < 4.78 is 37.6. The minimum atomic E-state index is -2.92. The molecular formula is C28H37ClN6O6S. The van der Waals surface area contributed by atoms with Crippen molar-refractivity contribution in [2.24, 2.45) is 0 Å². The number of benzene rings is 1. The number of anilines is 3. The third kappa shape index (κ3) is 8.11. The second-order valence-electron chi connectivity index (χ2n) is 11.1. The third-order valence-corrected chi connectivity index (χ3v) is 7.83. The molecule has 1 aliphatic carbocycles. The molecule has 0 spiro atoms. The van der Waals surface area contributed by atoms with Gasteiger partial charge in [0.05, 0.1) is 25.4 Å².